The number of carbonyl (C=O) groups excluding carboxylic acids is 2. The first-order chi connectivity index (χ1) is 13.6. The van der Waals surface area contributed by atoms with Crippen LogP contribution in [0.5, 0.6) is 0 Å². The minimum Gasteiger partial charge on any atom is -0.299 e. The van der Waals surface area contributed by atoms with Crippen molar-refractivity contribution in [3.63, 3.8) is 0 Å². The van der Waals surface area contributed by atoms with E-state index in [0.29, 0.717) is 44.7 Å². The minimum absolute atomic E-state index is 0.0460. The van der Waals surface area contributed by atoms with E-state index >= 15 is 0 Å². The quantitative estimate of drug-likeness (QED) is 0.652. The smallest absolute Gasteiger partial charge is 0.214 e. The van der Waals surface area contributed by atoms with Crippen LogP contribution in [0.3, 0.4) is 0 Å². The van der Waals surface area contributed by atoms with Crippen molar-refractivity contribution in [1.82, 2.24) is 4.31 Å². The Morgan fingerprint density at radius 2 is 1.66 bits per heavy atom. The molecule has 1 aliphatic heterocycles. The molecule has 6 heteroatoms. The standard InChI is InChI=1S/C23H33NO4S/c1-15-10-16(2)21(17(3)11-15)22-19(25)12-23(13-20(22)26)6-8-24(9-7-23)29(27,28)14-18-4-5-18/h10,17-18,22H,4-9,11-14H2,1-3H3. The van der Waals surface area contributed by atoms with Crippen molar-refractivity contribution in [2.45, 2.75) is 65.7 Å². The SMILES string of the molecule is CC1=CC(C)=C(C2C(=O)CC3(CCN(S(=O)(=O)CC4CC4)CC3)CC2=O)C(C)C1. The van der Waals surface area contributed by atoms with Crippen molar-refractivity contribution >= 4 is 21.6 Å². The number of hydrogen-bond acceptors (Lipinski definition) is 4. The topological polar surface area (TPSA) is 71.5 Å². The summed E-state index contributed by atoms with van der Waals surface area (Å²) in [7, 11) is -3.20. The molecule has 0 aromatic heterocycles. The predicted octanol–water partition coefficient (Wildman–Crippen LogP) is 3.66. The lowest BCUT2D eigenvalue weighted by Gasteiger charge is -2.45. The number of ketones is 2. The maximum atomic E-state index is 13.2. The third kappa shape index (κ3) is 4.15. The van der Waals surface area contributed by atoms with Gasteiger partial charge >= 0.3 is 0 Å². The minimum atomic E-state index is -3.20. The highest BCUT2D eigenvalue weighted by Crippen LogP contribution is 2.47. The molecule has 4 rings (SSSR count). The number of Topliss-reactive ketones (excluding diaryl/α,β-unsaturated/α-hetero) is 2. The molecule has 4 aliphatic rings. The number of piperidine rings is 1. The van der Waals surface area contributed by atoms with E-state index in [9.17, 15) is 18.0 Å². The molecular weight excluding hydrogens is 386 g/mol. The number of hydrogen-bond donors (Lipinski definition) is 0. The zero-order valence-corrected chi connectivity index (χ0v) is 18.7. The lowest BCUT2D eigenvalue weighted by molar-refractivity contribution is -0.140. The molecule has 3 aliphatic carbocycles. The van der Waals surface area contributed by atoms with E-state index in [0.717, 1.165) is 30.4 Å². The molecule has 2 saturated carbocycles. The average molecular weight is 420 g/mol. The maximum Gasteiger partial charge on any atom is 0.214 e. The summed E-state index contributed by atoms with van der Waals surface area (Å²) < 4.78 is 26.7. The fourth-order valence-electron chi connectivity index (χ4n) is 5.82. The third-order valence-corrected chi connectivity index (χ3v) is 9.50. The lowest BCUT2D eigenvalue weighted by Crippen LogP contribution is -2.50. The van der Waals surface area contributed by atoms with E-state index < -0.39 is 15.9 Å². The fraction of sp³-hybridized carbons (Fsp3) is 0.739. The number of allylic oxidation sites excluding steroid dienone is 4. The van der Waals surface area contributed by atoms with Crippen molar-refractivity contribution in [3.8, 4) is 0 Å². The summed E-state index contributed by atoms with van der Waals surface area (Å²) in [4.78, 5) is 26.3. The third-order valence-electron chi connectivity index (χ3n) is 7.45. The lowest BCUT2D eigenvalue weighted by atomic mass is 9.61. The highest BCUT2D eigenvalue weighted by atomic mass is 32.2. The molecule has 0 aromatic carbocycles. The Kier molecular flexibility index (Phi) is 5.39. The normalized spacial score (nSPS) is 29.5. The van der Waals surface area contributed by atoms with Crippen LogP contribution in [0, 0.1) is 23.2 Å². The van der Waals surface area contributed by atoms with E-state index in [1.807, 2.05) is 6.92 Å². The number of sulfonamides is 1. The van der Waals surface area contributed by atoms with Gasteiger partial charge in [-0.2, -0.15) is 0 Å². The first kappa shape index (κ1) is 21.0. The van der Waals surface area contributed by atoms with Gasteiger partial charge in [-0.1, -0.05) is 24.1 Å². The first-order valence-electron chi connectivity index (χ1n) is 11.0. The fourth-order valence-corrected chi connectivity index (χ4v) is 7.70. The Morgan fingerprint density at radius 3 is 2.17 bits per heavy atom. The molecule has 1 unspecified atom stereocenters. The van der Waals surface area contributed by atoms with Crippen LogP contribution in [0.1, 0.15) is 65.7 Å². The Morgan fingerprint density at radius 1 is 1.07 bits per heavy atom. The van der Waals surface area contributed by atoms with E-state index in [-0.39, 0.29) is 28.7 Å². The summed E-state index contributed by atoms with van der Waals surface area (Å²) in [6, 6.07) is 0. The van der Waals surface area contributed by atoms with Crippen molar-refractivity contribution in [1.29, 1.82) is 0 Å². The Balaban J connectivity index is 1.47. The van der Waals surface area contributed by atoms with Crippen molar-refractivity contribution in [2.75, 3.05) is 18.8 Å². The van der Waals surface area contributed by atoms with Crippen LogP contribution in [0.25, 0.3) is 0 Å². The monoisotopic (exact) mass is 419 g/mol. The highest BCUT2D eigenvalue weighted by Gasteiger charge is 2.49. The van der Waals surface area contributed by atoms with Gasteiger partial charge in [-0.3, -0.25) is 9.59 Å². The Labute approximate surface area is 174 Å². The van der Waals surface area contributed by atoms with E-state index in [4.69, 9.17) is 0 Å². The Hall–Kier alpha value is -1.27. The molecule has 5 nitrogen and oxygen atoms in total. The summed E-state index contributed by atoms with van der Waals surface area (Å²) in [5.74, 6) is 0.326. The van der Waals surface area contributed by atoms with Crippen LogP contribution in [0.2, 0.25) is 0 Å². The molecule has 160 valence electrons. The molecule has 1 saturated heterocycles. The van der Waals surface area contributed by atoms with Gasteiger partial charge in [0.2, 0.25) is 10.0 Å². The highest BCUT2D eigenvalue weighted by molar-refractivity contribution is 7.89. The van der Waals surface area contributed by atoms with Gasteiger partial charge in [0.25, 0.3) is 0 Å². The molecular formula is C23H33NO4S. The molecule has 0 bridgehead atoms. The predicted molar refractivity (Wildman–Crippen MR) is 113 cm³/mol. The largest absolute Gasteiger partial charge is 0.299 e. The van der Waals surface area contributed by atoms with Crippen LogP contribution in [-0.4, -0.2) is 43.1 Å². The molecule has 0 amide bonds. The maximum absolute atomic E-state index is 13.2. The van der Waals surface area contributed by atoms with Crippen molar-refractivity contribution in [2.24, 2.45) is 23.2 Å². The molecule has 1 atom stereocenters. The summed E-state index contributed by atoms with van der Waals surface area (Å²) in [5, 5.41) is 0. The van der Waals surface area contributed by atoms with Gasteiger partial charge in [0.1, 0.15) is 11.6 Å². The molecule has 0 radical (unpaired) electrons. The number of rotatable bonds is 4. The summed E-state index contributed by atoms with van der Waals surface area (Å²) >= 11 is 0. The van der Waals surface area contributed by atoms with Gasteiger partial charge in [0, 0.05) is 25.9 Å². The van der Waals surface area contributed by atoms with Gasteiger partial charge in [0.05, 0.1) is 11.7 Å². The second-order valence-electron chi connectivity index (χ2n) is 10.1. The van der Waals surface area contributed by atoms with Gasteiger partial charge in [-0.15, -0.1) is 0 Å². The van der Waals surface area contributed by atoms with Crippen LogP contribution in [-0.2, 0) is 19.6 Å². The van der Waals surface area contributed by atoms with Gasteiger partial charge in [0.15, 0.2) is 0 Å². The molecule has 29 heavy (non-hydrogen) atoms. The van der Waals surface area contributed by atoms with Crippen LogP contribution in [0.15, 0.2) is 22.8 Å². The van der Waals surface area contributed by atoms with Crippen LogP contribution in [0.4, 0.5) is 0 Å². The molecule has 0 aromatic rings. The van der Waals surface area contributed by atoms with Crippen LogP contribution >= 0.6 is 0 Å². The zero-order chi connectivity index (χ0) is 21.0. The van der Waals surface area contributed by atoms with Gasteiger partial charge in [-0.25, -0.2) is 12.7 Å². The number of carbonyl (C=O) groups is 2. The second kappa shape index (κ2) is 7.45. The van der Waals surface area contributed by atoms with E-state index in [1.54, 1.807) is 4.31 Å². The first-order valence-corrected chi connectivity index (χ1v) is 12.6. The zero-order valence-electron chi connectivity index (χ0n) is 17.9. The molecule has 3 fully saturated rings. The molecule has 0 N–H and O–H groups in total. The summed E-state index contributed by atoms with van der Waals surface area (Å²) in [5.41, 5.74) is 3.05. The van der Waals surface area contributed by atoms with Gasteiger partial charge < -0.3 is 0 Å². The van der Waals surface area contributed by atoms with E-state index in [1.165, 1.54) is 5.57 Å². The summed E-state index contributed by atoms with van der Waals surface area (Å²) in [6.07, 6.45) is 7.11. The van der Waals surface area contributed by atoms with Gasteiger partial charge in [-0.05, 0) is 68.8 Å². The molecule has 1 spiro atoms. The summed E-state index contributed by atoms with van der Waals surface area (Å²) in [6.45, 7) is 7.12. The average Bonchev–Trinajstić information content (AvgIpc) is 3.40. The second-order valence-corrected chi connectivity index (χ2v) is 12.1. The van der Waals surface area contributed by atoms with E-state index in [2.05, 4.69) is 19.9 Å². The van der Waals surface area contributed by atoms with Crippen LogP contribution < -0.4 is 0 Å². The molecule has 1 heterocycles. The van der Waals surface area contributed by atoms with Crippen molar-refractivity contribution in [3.05, 3.63) is 22.8 Å². The van der Waals surface area contributed by atoms with Crippen molar-refractivity contribution < 1.29 is 18.0 Å². The Bertz CT molecular complexity index is 866. The number of nitrogens with zero attached hydrogens (tertiary/aromatic N) is 1.